The predicted molar refractivity (Wildman–Crippen MR) is 68.8 cm³/mol. The standard InChI is InChI=1S/C14H19N3/c1-3-14(6-4-7-14)10-17-13-12(9-15)11(2)5-8-16-13/h5,8H,3-4,6-7,10H2,1-2H3,(H,16,17). The molecule has 1 N–H and O–H groups in total. The van der Waals surface area contributed by atoms with Crippen LogP contribution in [0, 0.1) is 23.7 Å². The van der Waals surface area contributed by atoms with Gasteiger partial charge in [-0.2, -0.15) is 5.26 Å². The van der Waals surface area contributed by atoms with Gasteiger partial charge in [0.15, 0.2) is 0 Å². The lowest BCUT2D eigenvalue weighted by atomic mass is 9.67. The maximum Gasteiger partial charge on any atom is 0.144 e. The summed E-state index contributed by atoms with van der Waals surface area (Å²) in [6.07, 6.45) is 6.89. The molecule has 0 radical (unpaired) electrons. The van der Waals surface area contributed by atoms with E-state index >= 15 is 0 Å². The topological polar surface area (TPSA) is 48.7 Å². The number of aryl methyl sites for hydroxylation is 1. The fraction of sp³-hybridized carbons (Fsp3) is 0.571. The Balaban J connectivity index is 2.09. The van der Waals surface area contributed by atoms with Crippen molar-refractivity contribution in [3.63, 3.8) is 0 Å². The van der Waals surface area contributed by atoms with Crippen molar-refractivity contribution in [1.82, 2.24) is 4.98 Å². The summed E-state index contributed by atoms with van der Waals surface area (Å²) in [4.78, 5) is 4.27. The first kappa shape index (κ1) is 11.9. The quantitative estimate of drug-likeness (QED) is 0.862. The van der Waals surface area contributed by atoms with Gasteiger partial charge in [-0.1, -0.05) is 13.3 Å². The molecule has 0 saturated heterocycles. The van der Waals surface area contributed by atoms with E-state index in [-0.39, 0.29) is 0 Å². The lowest BCUT2D eigenvalue weighted by Gasteiger charge is -2.41. The van der Waals surface area contributed by atoms with Crippen LogP contribution in [-0.4, -0.2) is 11.5 Å². The van der Waals surface area contributed by atoms with Crippen LogP contribution in [-0.2, 0) is 0 Å². The number of hydrogen-bond acceptors (Lipinski definition) is 3. The number of aromatic nitrogens is 1. The van der Waals surface area contributed by atoms with Crippen molar-refractivity contribution in [3.8, 4) is 6.07 Å². The number of pyridine rings is 1. The second-order valence-corrected chi connectivity index (χ2v) is 5.02. The molecule has 1 saturated carbocycles. The third kappa shape index (κ3) is 2.26. The van der Waals surface area contributed by atoms with Gasteiger partial charge in [-0.15, -0.1) is 0 Å². The van der Waals surface area contributed by atoms with E-state index in [0.29, 0.717) is 11.0 Å². The largest absolute Gasteiger partial charge is 0.368 e. The molecule has 0 atom stereocenters. The minimum atomic E-state index is 0.443. The fourth-order valence-corrected chi connectivity index (χ4v) is 2.44. The Morgan fingerprint density at radius 1 is 1.53 bits per heavy atom. The Morgan fingerprint density at radius 3 is 2.82 bits per heavy atom. The molecule has 3 heteroatoms. The highest BCUT2D eigenvalue weighted by Gasteiger charge is 2.34. The maximum absolute atomic E-state index is 9.13. The maximum atomic E-state index is 9.13. The summed E-state index contributed by atoms with van der Waals surface area (Å²) in [5.41, 5.74) is 2.11. The average molecular weight is 229 g/mol. The summed E-state index contributed by atoms with van der Waals surface area (Å²) < 4.78 is 0. The zero-order chi connectivity index (χ0) is 12.3. The summed E-state index contributed by atoms with van der Waals surface area (Å²) in [5.74, 6) is 0.743. The van der Waals surface area contributed by atoms with Crippen molar-refractivity contribution in [1.29, 1.82) is 5.26 Å². The molecule has 0 bridgehead atoms. The zero-order valence-corrected chi connectivity index (χ0v) is 10.6. The van der Waals surface area contributed by atoms with Crippen molar-refractivity contribution >= 4 is 5.82 Å². The summed E-state index contributed by atoms with van der Waals surface area (Å²) in [7, 11) is 0. The van der Waals surface area contributed by atoms with Crippen LogP contribution in [0.1, 0.15) is 43.7 Å². The first-order chi connectivity index (χ1) is 8.21. The second kappa shape index (κ2) is 4.75. The zero-order valence-electron chi connectivity index (χ0n) is 10.6. The summed E-state index contributed by atoms with van der Waals surface area (Å²) in [5, 5.41) is 12.5. The highest BCUT2D eigenvalue weighted by Crippen LogP contribution is 2.43. The van der Waals surface area contributed by atoms with Gasteiger partial charge in [0, 0.05) is 12.7 Å². The van der Waals surface area contributed by atoms with E-state index in [4.69, 9.17) is 5.26 Å². The number of nitriles is 1. The lowest BCUT2D eigenvalue weighted by molar-refractivity contribution is 0.145. The first-order valence-electron chi connectivity index (χ1n) is 6.30. The van der Waals surface area contributed by atoms with Crippen molar-refractivity contribution in [3.05, 3.63) is 23.4 Å². The molecule has 1 aliphatic rings. The van der Waals surface area contributed by atoms with Gasteiger partial charge in [0.05, 0.1) is 5.56 Å². The Hall–Kier alpha value is -1.56. The Labute approximate surface area is 103 Å². The molecule has 0 spiro atoms. The van der Waals surface area contributed by atoms with Gasteiger partial charge in [0.2, 0.25) is 0 Å². The Bertz CT molecular complexity index is 436. The first-order valence-corrected chi connectivity index (χ1v) is 6.30. The predicted octanol–water partition coefficient (Wildman–Crippen LogP) is 3.25. The molecule has 1 fully saturated rings. The van der Waals surface area contributed by atoms with E-state index < -0.39 is 0 Å². The van der Waals surface area contributed by atoms with Gasteiger partial charge in [-0.25, -0.2) is 4.98 Å². The normalized spacial score (nSPS) is 17.0. The lowest BCUT2D eigenvalue weighted by Crippen LogP contribution is -2.36. The van der Waals surface area contributed by atoms with E-state index in [0.717, 1.165) is 17.9 Å². The summed E-state index contributed by atoms with van der Waals surface area (Å²) in [6, 6.07) is 4.11. The van der Waals surface area contributed by atoms with Crippen molar-refractivity contribution in [2.45, 2.75) is 39.5 Å². The van der Waals surface area contributed by atoms with Crippen LogP contribution in [0.15, 0.2) is 12.3 Å². The number of rotatable bonds is 4. The smallest absolute Gasteiger partial charge is 0.144 e. The fourth-order valence-electron chi connectivity index (χ4n) is 2.44. The monoisotopic (exact) mass is 229 g/mol. The molecule has 1 aliphatic carbocycles. The van der Waals surface area contributed by atoms with Crippen LogP contribution < -0.4 is 5.32 Å². The van der Waals surface area contributed by atoms with E-state index in [2.05, 4.69) is 23.3 Å². The Kier molecular flexibility index (Phi) is 3.33. The van der Waals surface area contributed by atoms with Gasteiger partial charge in [0.25, 0.3) is 0 Å². The van der Waals surface area contributed by atoms with Crippen molar-refractivity contribution in [2.75, 3.05) is 11.9 Å². The van der Waals surface area contributed by atoms with Crippen LogP contribution in [0.3, 0.4) is 0 Å². The SMILES string of the molecule is CCC1(CNc2nccc(C)c2C#N)CCC1. The molecule has 1 heterocycles. The molecule has 2 rings (SSSR count). The summed E-state index contributed by atoms with van der Waals surface area (Å²) in [6.45, 7) is 5.13. The van der Waals surface area contributed by atoms with Gasteiger partial charge in [-0.05, 0) is 43.2 Å². The highest BCUT2D eigenvalue weighted by atomic mass is 15.0. The van der Waals surface area contributed by atoms with E-state index in [1.807, 2.05) is 13.0 Å². The van der Waals surface area contributed by atoms with Crippen molar-refractivity contribution in [2.24, 2.45) is 5.41 Å². The molecule has 1 aromatic rings. The van der Waals surface area contributed by atoms with Gasteiger partial charge in [0.1, 0.15) is 11.9 Å². The molecule has 3 nitrogen and oxygen atoms in total. The highest BCUT2D eigenvalue weighted by molar-refractivity contribution is 5.55. The van der Waals surface area contributed by atoms with E-state index in [1.54, 1.807) is 6.20 Å². The molecule has 90 valence electrons. The number of nitrogens with one attached hydrogen (secondary N) is 1. The third-order valence-corrected chi connectivity index (χ3v) is 4.07. The van der Waals surface area contributed by atoms with Crippen LogP contribution in [0.25, 0.3) is 0 Å². The number of anilines is 1. The number of nitrogens with zero attached hydrogens (tertiary/aromatic N) is 2. The molecular weight excluding hydrogens is 210 g/mol. The van der Waals surface area contributed by atoms with Gasteiger partial charge >= 0.3 is 0 Å². The van der Waals surface area contributed by atoms with Crippen LogP contribution in [0.4, 0.5) is 5.82 Å². The molecule has 0 aromatic carbocycles. The molecule has 0 unspecified atom stereocenters. The van der Waals surface area contributed by atoms with Crippen molar-refractivity contribution < 1.29 is 0 Å². The molecule has 1 aromatic heterocycles. The van der Waals surface area contributed by atoms with Gasteiger partial charge < -0.3 is 5.32 Å². The minimum Gasteiger partial charge on any atom is -0.368 e. The van der Waals surface area contributed by atoms with Crippen LogP contribution in [0.5, 0.6) is 0 Å². The van der Waals surface area contributed by atoms with Crippen LogP contribution >= 0.6 is 0 Å². The molecule has 0 amide bonds. The Morgan fingerprint density at radius 2 is 2.29 bits per heavy atom. The van der Waals surface area contributed by atoms with Crippen LogP contribution in [0.2, 0.25) is 0 Å². The molecule has 0 aliphatic heterocycles. The minimum absolute atomic E-state index is 0.443. The van der Waals surface area contributed by atoms with E-state index in [1.165, 1.54) is 25.7 Å². The summed E-state index contributed by atoms with van der Waals surface area (Å²) >= 11 is 0. The molecule has 17 heavy (non-hydrogen) atoms. The molecular formula is C14H19N3. The average Bonchev–Trinajstić information content (AvgIpc) is 2.28. The van der Waals surface area contributed by atoms with Gasteiger partial charge in [-0.3, -0.25) is 0 Å². The van der Waals surface area contributed by atoms with E-state index in [9.17, 15) is 0 Å². The second-order valence-electron chi connectivity index (χ2n) is 5.02. The number of hydrogen-bond donors (Lipinski definition) is 1. The third-order valence-electron chi connectivity index (χ3n) is 4.07.